The maximum atomic E-state index is 5.12. The minimum Gasteiger partial charge on any atom is -0.481 e. The highest BCUT2D eigenvalue weighted by Crippen LogP contribution is 2.23. The largest absolute Gasteiger partial charge is 0.481 e. The molecule has 0 bridgehead atoms. The molecule has 0 fully saturated rings. The van der Waals surface area contributed by atoms with Gasteiger partial charge in [-0.1, -0.05) is 20.8 Å². The van der Waals surface area contributed by atoms with Crippen LogP contribution in [0.1, 0.15) is 32.0 Å². The zero-order valence-electron chi connectivity index (χ0n) is 9.01. The number of aromatic nitrogens is 1. The van der Waals surface area contributed by atoms with E-state index in [1.54, 1.807) is 7.11 Å². The summed E-state index contributed by atoms with van der Waals surface area (Å²) in [5.41, 5.74) is 2.35. The van der Waals surface area contributed by atoms with Gasteiger partial charge in [-0.25, -0.2) is 4.98 Å². The van der Waals surface area contributed by atoms with E-state index in [4.69, 9.17) is 4.74 Å². The quantitative estimate of drug-likeness (QED) is 0.661. The average Bonchev–Trinajstić information content (AvgIpc) is 2.01. The van der Waals surface area contributed by atoms with Crippen LogP contribution in [-0.2, 0) is 5.41 Å². The minimum atomic E-state index is 0.0826. The number of methoxy groups -OCH3 is 1. The summed E-state index contributed by atoms with van der Waals surface area (Å²) in [7, 11) is 1.65. The SMILES string of the molecule is COc1cc(C)cc(C(C)(C)C)n1. The average molecular weight is 179 g/mol. The zero-order valence-corrected chi connectivity index (χ0v) is 9.01. The first-order valence-corrected chi connectivity index (χ1v) is 4.46. The smallest absolute Gasteiger partial charge is 0.213 e. The summed E-state index contributed by atoms with van der Waals surface area (Å²) in [6, 6.07) is 4.04. The first kappa shape index (κ1) is 10.0. The standard InChI is InChI=1S/C11H17NO/c1-8-6-9(11(2,3)4)12-10(7-8)13-5/h6-7H,1-5H3. The molecule has 1 aromatic heterocycles. The Morgan fingerprint density at radius 3 is 2.31 bits per heavy atom. The molecular weight excluding hydrogens is 162 g/mol. The third-order valence-corrected chi connectivity index (χ3v) is 1.92. The van der Waals surface area contributed by atoms with Crippen LogP contribution < -0.4 is 4.74 Å². The van der Waals surface area contributed by atoms with E-state index >= 15 is 0 Å². The van der Waals surface area contributed by atoms with Crippen LogP contribution >= 0.6 is 0 Å². The fraction of sp³-hybridized carbons (Fsp3) is 0.545. The van der Waals surface area contributed by atoms with Crippen molar-refractivity contribution in [2.75, 3.05) is 7.11 Å². The van der Waals surface area contributed by atoms with E-state index in [2.05, 4.69) is 38.7 Å². The van der Waals surface area contributed by atoms with Crippen molar-refractivity contribution in [2.45, 2.75) is 33.1 Å². The van der Waals surface area contributed by atoms with Gasteiger partial charge in [0.1, 0.15) is 0 Å². The Morgan fingerprint density at radius 1 is 1.23 bits per heavy atom. The summed E-state index contributed by atoms with van der Waals surface area (Å²) < 4.78 is 5.12. The number of hydrogen-bond acceptors (Lipinski definition) is 2. The topological polar surface area (TPSA) is 22.1 Å². The Bertz CT molecular complexity index is 299. The van der Waals surface area contributed by atoms with Crippen LogP contribution in [0.2, 0.25) is 0 Å². The molecule has 0 radical (unpaired) electrons. The first-order chi connectivity index (χ1) is 5.93. The van der Waals surface area contributed by atoms with Gasteiger partial charge < -0.3 is 4.74 Å². The van der Waals surface area contributed by atoms with Crippen LogP contribution in [0.3, 0.4) is 0 Å². The van der Waals surface area contributed by atoms with Gasteiger partial charge in [0.15, 0.2) is 0 Å². The van der Waals surface area contributed by atoms with Crippen LogP contribution in [0.5, 0.6) is 5.88 Å². The van der Waals surface area contributed by atoms with Crippen molar-refractivity contribution in [1.29, 1.82) is 0 Å². The molecule has 1 aromatic rings. The lowest BCUT2D eigenvalue weighted by molar-refractivity contribution is 0.391. The van der Waals surface area contributed by atoms with Gasteiger partial charge in [0, 0.05) is 11.5 Å². The number of hydrogen-bond donors (Lipinski definition) is 0. The maximum Gasteiger partial charge on any atom is 0.213 e. The molecule has 0 spiro atoms. The van der Waals surface area contributed by atoms with Crippen molar-refractivity contribution >= 4 is 0 Å². The molecule has 0 aliphatic heterocycles. The third-order valence-electron chi connectivity index (χ3n) is 1.92. The van der Waals surface area contributed by atoms with E-state index in [1.165, 1.54) is 5.56 Å². The highest BCUT2D eigenvalue weighted by molar-refractivity contribution is 5.27. The van der Waals surface area contributed by atoms with Crippen LogP contribution in [0.4, 0.5) is 0 Å². The Kier molecular flexibility index (Phi) is 2.60. The van der Waals surface area contributed by atoms with Crippen molar-refractivity contribution in [1.82, 2.24) is 4.98 Å². The summed E-state index contributed by atoms with van der Waals surface area (Å²) in [5.74, 6) is 0.699. The van der Waals surface area contributed by atoms with Gasteiger partial charge in [-0.05, 0) is 18.6 Å². The van der Waals surface area contributed by atoms with Gasteiger partial charge in [0.2, 0.25) is 5.88 Å². The molecule has 1 rings (SSSR count). The summed E-state index contributed by atoms with van der Waals surface area (Å²) in [6.07, 6.45) is 0. The molecule has 72 valence electrons. The third kappa shape index (κ3) is 2.44. The van der Waals surface area contributed by atoms with Gasteiger partial charge in [-0.15, -0.1) is 0 Å². The fourth-order valence-electron chi connectivity index (χ4n) is 1.12. The summed E-state index contributed by atoms with van der Waals surface area (Å²) >= 11 is 0. The second-order valence-electron chi connectivity index (χ2n) is 4.32. The lowest BCUT2D eigenvalue weighted by Gasteiger charge is -2.18. The Labute approximate surface area is 80.0 Å². The number of nitrogens with zero attached hydrogens (tertiary/aromatic N) is 1. The number of rotatable bonds is 1. The van der Waals surface area contributed by atoms with Crippen molar-refractivity contribution in [3.63, 3.8) is 0 Å². The zero-order chi connectivity index (χ0) is 10.1. The Balaban J connectivity index is 3.16. The molecule has 0 aliphatic carbocycles. The van der Waals surface area contributed by atoms with Crippen LogP contribution in [0.25, 0.3) is 0 Å². The second-order valence-corrected chi connectivity index (χ2v) is 4.32. The fourth-order valence-corrected chi connectivity index (χ4v) is 1.12. The van der Waals surface area contributed by atoms with Gasteiger partial charge >= 0.3 is 0 Å². The Hall–Kier alpha value is -1.05. The molecule has 2 heteroatoms. The molecular formula is C11H17NO. The second kappa shape index (κ2) is 3.36. The van der Waals surface area contributed by atoms with Crippen molar-refractivity contribution in [3.05, 3.63) is 23.4 Å². The molecule has 0 aromatic carbocycles. The van der Waals surface area contributed by atoms with Crippen molar-refractivity contribution in [3.8, 4) is 5.88 Å². The monoisotopic (exact) mass is 179 g/mol. The maximum absolute atomic E-state index is 5.12. The molecule has 0 unspecified atom stereocenters. The molecule has 0 atom stereocenters. The van der Waals surface area contributed by atoms with E-state index in [1.807, 2.05) is 6.07 Å². The van der Waals surface area contributed by atoms with Crippen LogP contribution in [0, 0.1) is 6.92 Å². The number of pyridine rings is 1. The van der Waals surface area contributed by atoms with E-state index < -0.39 is 0 Å². The minimum absolute atomic E-state index is 0.0826. The van der Waals surface area contributed by atoms with Crippen molar-refractivity contribution < 1.29 is 4.74 Å². The first-order valence-electron chi connectivity index (χ1n) is 4.46. The Morgan fingerprint density at radius 2 is 1.85 bits per heavy atom. The highest BCUT2D eigenvalue weighted by atomic mass is 16.5. The van der Waals surface area contributed by atoms with Gasteiger partial charge in [0.25, 0.3) is 0 Å². The van der Waals surface area contributed by atoms with Gasteiger partial charge in [0.05, 0.1) is 12.8 Å². The molecule has 0 N–H and O–H groups in total. The van der Waals surface area contributed by atoms with E-state index in [9.17, 15) is 0 Å². The lowest BCUT2D eigenvalue weighted by atomic mass is 9.91. The van der Waals surface area contributed by atoms with Gasteiger partial charge in [-0.3, -0.25) is 0 Å². The molecule has 2 nitrogen and oxygen atoms in total. The molecule has 13 heavy (non-hydrogen) atoms. The summed E-state index contributed by atoms with van der Waals surface area (Å²) in [6.45, 7) is 8.50. The van der Waals surface area contributed by atoms with Gasteiger partial charge in [-0.2, -0.15) is 0 Å². The predicted octanol–water partition coefficient (Wildman–Crippen LogP) is 2.70. The molecule has 0 saturated heterocycles. The molecule has 0 amide bonds. The molecule has 0 saturated carbocycles. The van der Waals surface area contributed by atoms with E-state index in [0.717, 1.165) is 5.69 Å². The number of aryl methyl sites for hydroxylation is 1. The molecule has 1 heterocycles. The van der Waals surface area contributed by atoms with Crippen LogP contribution in [0.15, 0.2) is 12.1 Å². The van der Waals surface area contributed by atoms with Crippen LogP contribution in [-0.4, -0.2) is 12.1 Å². The van der Waals surface area contributed by atoms with E-state index in [-0.39, 0.29) is 5.41 Å². The highest BCUT2D eigenvalue weighted by Gasteiger charge is 2.16. The van der Waals surface area contributed by atoms with Crippen molar-refractivity contribution in [2.24, 2.45) is 0 Å². The summed E-state index contributed by atoms with van der Waals surface area (Å²) in [5, 5.41) is 0. The normalized spacial score (nSPS) is 11.5. The molecule has 0 aliphatic rings. The predicted molar refractivity (Wildman–Crippen MR) is 54.2 cm³/mol. The number of ether oxygens (including phenoxy) is 1. The van der Waals surface area contributed by atoms with E-state index in [0.29, 0.717) is 5.88 Å². The lowest BCUT2D eigenvalue weighted by Crippen LogP contribution is -2.14. The summed E-state index contributed by atoms with van der Waals surface area (Å²) in [4.78, 5) is 4.40.